The highest BCUT2D eigenvalue weighted by atomic mass is 15.2. The van der Waals surface area contributed by atoms with Crippen LogP contribution < -0.4 is 5.73 Å². The average Bonchev–Trinajstić information content (AvgIpc) is 2.83. The second kappa shape index (κ2) is 4.59. The van der Waals surface area contributed by atoms with Gasteiger partial charge in [0.25, 0.3) is 0 Å². The minimum atomic E-state index is 0.172. The Bertz CT molecular complexity index is 722. The van der Waals surface area contributed by atoms with Gasteiger partial charge in [-0.25, -0.2) is 0 Å². The Labute approximate surface area is 132 Å². The van der Waals surface area contributed by atoms with Gasteiger partial charge in [-0.2, -0.15) is 0 Å². The number of nitrogens with one attached hydrogen (secondary N) is 1. The van der Waals surface area contributed by atoms with Gasteiger partial charge in [-0.15, -0.1) is 0 Å². The molecule has 0 spiro atoms. The number of aromatic nitrogens is 1. The number of likely N-dealkylation sites (N-methyl/N-ethyl adjacent to an activating group) is 1. The van der Waals surface area contributed by atoms with Gasteiger partial charge < -0.3 is 15.6 Å². The van der Waals surface area contributed by atoms with Crippen LogP contribution in [-0.4, -0.2) is 35.6 Å². The lowest BCUT2D eigenvalue weighted by Crippen LogP contribution is -2.52. The molecule has 0 radical (unpaired) electrons. The summed E-state index contributed by atoms with van der Waals surface area (Å²) in [4.78, 5) is 5.99. The predicted molar refractivity (Wildman–Crippen MR) is 92.5 cm³/mol. The first-order valence-corrected chi connectivity index (χ1v) is 8.45. The molecule has 4 rings (SSSR count). The Morgan fingerprint density at radius 3 is 2.77 bits per heavy atom. The largest absolute Gasteiger partial charge is 0.361 e. The van der Waals surface area contributed by atoms with E-state index >= 15 is 0 Å². The van der Waals surface area contributed by atoms with Gasteiger partial charge in [0.1, 0.15) is 0 Å². The summed E-state index contributed by atoms with van der Waals surface area (Å²) >= 11 is 0. The highest BCUT2D eigenvalue weighted by molar-refractivity contribution is 5.89. The van der Waals surface area contributed by atoms with E-state index in [0.29, 0.717) is 18.0 Å². The number of H-pyrrole nitrogens is 1. The van der Waals surface area contributed by atoms with Crippen molar-refractivity contribution in [2.45, 2.75) is 57.0 Å². The number of rotatable bonds is 0. The maximum Gasteiger partial charge on any atom is 0.0462 e. The molecule has 3 heteroatoms. The van der Waals surface area contributed by atoms with Crippen LogP contribution >= 0.6 is 0 Å². The molecule has 2 aliphatic rings. The van der Waals surface area contributed by atoms with Gasteiger partial charge in [-0.1, -0.05) is 26.8 Å². The van der Waals surface area contributed by atoms with Crippen molar-refractivity contribution in [1.29, 1.82) is 0 Å². The van der Waals surface area contributed by atoms with Crippen LogP contribution in [-0.2, 0) is 11.8 Å². The lowest BCUT2D eigenvalue weighted by molar-refractivity contribution is 0.141. The van der Waals surface area contributed by atoms with E-state index in [1.807, 2.05) is 0 Å². The lowest BCUT2D eigenvalue weighted by atomic mass is 9.72. The highest BCUT2D eigenvalue weighted by Gasteiger charge is 2.39. The number of nitrogens with two attached hydrogens (primary N) is 1. The summed E-state index contributed by atoms with van der Waals surface area (Å²) in [6.45, 7) is 7.90. The molecule has 22 heavy (non-hydrogen) atoms. The maximum absolute atomic E-state index is 6.33. The zero-order valence-electron chi connectivity index (χ0n) is 14.1. The molecule has 1 aromatic heterocycles. The van der Waals surface area contributed by atoms with E-state index in [1.54, 1.807) is 0 Å². The molecule has 3 nitrogen and oxygen atoms in total. The van der Waals surface area contributed by atoms with E-state index in [0.717, 1.165) is 19.4 Å². The Morgan fingerprint density at radius 2 is 2.05 bits per heavy atom. The van der Waals surface area contributed by atoms with Crippen LogP contribution in [0.25, 0.3) is 10.9 Å². The van der Waals surface area contributed by atoms with Crippen molar-refractivity contribution in [3.8, 4) is 0 Å². The molecule has 0 bridgehead atoms. The number of hydrogen-bond acceptors (Lipinski definition) is 2. The monoisotopic (exact) mass is 297 g/mol. The molecule has 1 aliphatic carbocycles. The van der Waals surface area contributed by atoms with Gasteiger partial charge in [0.15, 0.2) is 0 Å². The topological polar surface area (TPSA) is 45.0 Å². The quantitative estimate of drug-likeness (QED) is 0.784. The first-order chi connectivity index (χ1) is 10.3. The average molecular weight is 297 g/mol. The lowest BCUT2D eigenvalue weighted by Gasteiger charge is -2.45. The Kier molecular flexibility index (Phi) is 2.98. The highest BCUT2D eigenvalue weighted by Crippen LogP contribution is 2.44. The van der Waals surface area contributed by atoms with Gasteiger partial charge in [-0.05, 0) is 48.1 Å². The summed E-state index contributed by atoms with van der Waals surface area (Å²) in [6, 6.07) is 5.69. The van der Waals surface area contributed by atoms with Crippen molar-refractivity contribution >= 4 is 10.9 Å². The number of hydrogen-bond donors (Lipinski definition) is 2. The van der Waals surface area contributed by atoms with Crippen molar-refractivity contribution in [1.82, 2.24) is 9.88 Å². The summed E-state index contributed by atoms with van der Waals surface area (Å²) < 4.78 is 0. The minimum Gasteiger partial charge on any atom is -0.361 e. The van der Waals surface area contributed by atoms with Gasteiger partial charge in [0.05, 0.1) is 0 Å². The summed E-state index contributed by atoms with van der Waals surface area (Å²) in [5.41, 5.74) is 12.2. The first-order valence-electron chi connectivity index (χ1n) is 8.45. The number of nitrogens with zero attached hydrogens (tertiary/aromatic N) is 1. The van der Waals surface area contributed by atoms with Crippen molar-refractivity contribution in [2.24, 2.45) is 5.73 Å². The van der Waals surface area contributed by atoms with Crippen molar-refractivity contribution in [2.75, 3.05) is 13.6 Å². The summed E-state index contributed by atoms with van der Waals surface area (Å²) in [5.74, 6) is 0.571. The second-order valence-corrected chi connectivity index (χ2v) is 8.37. The van der Waals surface area contributed by atoms with Crippen LogP contribution in [0.2, 0.25) is 0 Å². The molecule has 1 fully saturated rings. The van der Waals surface area contributed by atoms with Crippen molar-refractivity contribution in [3.63, 3.8) is 0 Å². The molecule has 1 saturated heterocycles. The summed E-state index contributed by atoms with van der Waals surface area (Å²) in [5, 5.41) is 1.47. The third kappa shape index (κ3) is 2.03. The normalized spacial score (nSPS) is 28.9. The third-order valence-electron chi connectivity index (χ3n) is 5.70. The van der Waals surface area contributed by atoms with E-state index < -0.39 is 0 Å². The molecule has 1 aromatic carbocycles. The second-order valence-electron chi connectivity index (χ2n) is 8.37. The van der Waals surface area contributed by atoms with Gasteiger partial charge in [0, 0.05) is 41.6 Å². The fourth-order valence-electron chi connectivity index (χ4n) is 4.49. The molecule has 2 aromatic rings. The Balaban J connectivity index is 1.93. The Hall–Kier alpha value is -1.32. The van der Waals surface area contributed by atoms with E-state index in [-0.39, 0.29) is 5.41 Å². The third-order valence-corrected chi connectivity index (χ3v) is 5.70. The van der Waals surface area contributed by atoms with Gasteiger partial charge in [-0.3, -0.25) is 0 Å². The Morgan fingerprint density at radius 1 is 1.27 bits per heavy atom. The number of likely N-dealkylation sites (tertiary alicyclic amines) is 1. The maximum atomic E-state index is 6.33. The van der Waals surface area contributed by atoms with Crippen molar-refractivity contribution in [3.05, 3.63) is 35.0 Å². The van der Waals surface area contributed by atoms with Crippen LogP contribution in [0.15, 0.2) is 18.3 Å². The van der Waals surface area contributed by atoms with Crippen molar-refractivity contribution < 1.29 is 0 Å². The van der Waals surface area contributed by atoms with Crippen LogP contribution in [0.3, 0.4) is 0 Å². The summed E-state index contributed by atoms with van der Waals surface area (Å²) in [7, 11) is 2.24. The van der Waals surface area contributed by atoms with Gasteiger partial charge >= 0.3 is 0 Å². The number of fused-ring (bicyclic) bond motifs is 2. The molecule has 0 amide bonds. The smallest absolute Gasteiger partial charge is 0.0462 e. The summed E-state index contributed by atoms with van der Waals surface area (Å²) in [6.07, 6.45) is 4.48. The zero-order valence-corrected chi connectivity index (χ0v) is 14.1. The SMILES string of the molecule is CN1C[C@H](N)CC2c3cc(C(C)(C)C)cc4[nH]cc(c34)C[C@H]21. The van der Waals surface area contributed by atoms with Crippen LogP contribution in [0.1, 0.15) is 49.8 Å². The first kappa shape index (κ1) is 14.3. The number of aromatic amines is 1. The molecule has 118 valence electrons. The van der Waals surface area contributed by atoms with E-state index in [4.69, 9.17) is 5.73 Å². The predicted octanol–water partition coefficient (Wildman–Crippen LogP) is 3.14. The molecule has 3 atom stereocenters. The molecule has 0 saturated carbocycles. The molecule has 1 unspecified atom stereocenters. The van der Waals surface area contributed by atoms with Crippen LogP contribution in [0.4, 0.5) is 0 Å². The molecular weight excluding hydrogens is 270 g/mol. The zero-order chi connectivity index (χ0) is 15.6. The number of piperidine rings is 1. The minimum absolute atomic E-state index is 0.172. The van der Waals surface area contributed by atoms with Crippen LogP contribution in [0.5, 0.6) is 0 Å². The standard InChI is InChI=1S/C19H27N3/c1-19(2,3)12-6-15-14-8-13(20)10-22(4)17(14)5-11-9-21-16(7-12)18(11)15/h6-7,9,13-14,17,21H,5,8,10,20H2,1-4H3/t13-,14?,17-/m1/s1. The van der Waals surface area contributed by atoms with E-state index in [1.165, 1.54) is 27.6 Å². The van der Waals surface area contributed by atoms with Gasteiger partial charge in [0.2, 0.25) is 0 Å². The molecule has 3 N–H and O–H groups in total. The number of benzene rings is 1. The van der Waals surface area contributed by atoms with E-state index in [2.05, 4.69) is 56.0 Å². The fraction of sp³-hybridized carbons (Fsp3) is 0.579. The van der Waals surface area contributed by atoms with Crippen LogP contribution in [0, 0.1) is 0 Å². The molecule has 1 aliphatic heterocycles. The fourth-order valence-corrected chi connectivity index (χ4v) is 4.49. The van der Waals surface area contributed by atoms with E-state index in [9.17, 15) is 0 Å². The molecular formula is C19H27N3. The molecule has 2 heterocycles.